The third-order valence-electron chi connectivity index (χ3n) is 2.99. The van der Waals surface area contributed by atoms with Gasteiger partial charge in [-0.25, -0.2) is 0 Å². The second-order valence-corrected chi connectivity index (χ2v) is 4.37. The topological polar surface area (TPSA) is 55.1 Å². The highest BCUT2D eigenvalue weighted by Gasteiger charge is 2.05. The van der Waals surface area contributed by atoms with E-state index in [0.29, 0.717) is 25.4 Å². The fourth-order valence-electron chi connectivity index (χ4n) is 1.66. The zero-order chi connectivity index (χ0) is 12.7. The van der Waals surface area contributed by atoms with Crippen LogP contribution in [0.15, 0.2) is 24.3 Å². The monoisotopic (exact) mass is 234 g/mol. The van der Waals surface area contributed by atoms with Crippen molar-refractivity contribution in [3.63, 3.8) is 0 Å². The highest BCUT2D eigenvalue weighted by atomic mass is 16.1. The Labute approximate surface area is 103 Å². The molecule has 1 atom stereocenters. The van der Waals surface area contributed by atoms with Crippen molar-refractivity contribution in [2.45, 2.75) is 32.6 Å². The predicted octanol–water partition coefficient (Wildman–Crippen LogP) is 1.82. The van der Waals surface area contributed by atoms with E-state index in [1.807, 2.05) is 12.1 Å². The molecule has 1 amide bonds. The third kappa shape index (κ3) is 4.57. The first-order chi connectivity index (χ1) is 8.17. The van der Waals surface area contributed by atoms with Gasteiger partial charge in [0.2, 0.25) is 5.91 Å². The van der Waals surface area contributed by atoms with E-state index in [2.05, 4.69) is 31.3 Å². The lowest BCUT2D eigenvalue weighted by atomic mass is 9.97. The summed E-state index contributed by atoms with van der Waals surface area (Å²) in [6, 6.07) is 8.28. The quantitative estimate of drug-likeness (QED) is 0.789. The Bertz CT molecular complexity index is 346. The summed E-state index contributed by atoms with van der Waals surface area (Å²) >= 11 is 0. The second-order valence-electron chi connectivity index (χ2n) is 4.37. The molecule has 0 spiro atoms. The Balaban J connectivity index is 2.53. The average molecular weight is 234 g/mol. The summed E-state index contributed by atoms with van der Waals surface area (Å²) < 4.78 is 0. The third-order valence-corrected chi connectivity index (χ3v) is 2.99. The van der Waals surface area contributed by atoms with E-state index in [9.17, 15) is 4.79 Å². The van der Waals surface area contributed by atoms with Crippen molar-refractivity contribution < 1.29 is 4.79 Å². The fraction of sp³-hybridized carbons (Fsp3) is 0.500. The van der Waals surface area contributed by atoms with Gasteiger partial charge in [0.25, 0.3) is 0 Å². The van der Waals surface area contributed by atoms with Gasteiger partial charge in [-0.3, -0.25) is 4.79 Å². The molecule has 0 aromatic heterocycles. The Morgan fingerprint density at radius 3 is 2.53 bits per heavy atom. The molecule has 1 unspecified atom stereocenters. The average Bonchev–Trinajstić information content (AvgIpc) is 2.36. The molecule has 0 radical (unpaired) electrons. The Kier molecular flexibility index (Phi) is 5.70. The fourth-order valence-corrected chi connectivity index (χ4v) is 1.66. The van der Waals surface area contributed by atoms with Crippen LogP contribution >= 0.6 is 0 Å². The largest absolute Gasteiger partial charge is 0.355 e. The van der Waals surface area contributed by atoms with Crippen LogP contribution in [-0.2, 0) is 11.2 Å². The minimum Gasteiger partial charge on any atom is -0.355 e. The predicted molar refractivity (Wildman–Crippen MR) is 70.9 cm³/mol. The minimum atomic E-state index is 0.0340. The highest BCUT2D eigenvalue weighted by molar-refractivity contribution is 5.78. The molecule has 0 bridgehead atoms. The first-order valence-electron chi connectivity index (χ1n) is 6.23. The Morgan fingerprint density at radius 1 is 1.35 bits per heavy atom. The van der Waals surface area contributed by atoms with E-state index in [1.54, 1.807) is 0 Å². The molecular formula is C14H22N2O. The number of hydrogen-bond donors (Lipinski definition) is 2. The summed E-state index contributed by atoms with van der Waals surface area (Å²) in [4.78, 5) is 11.5. The van der Waals surface area contributed by atoms with E-state index in [0.717, 1.165) is 12.0 Å². The number of rotatable bonds is 6. The number of nitrogens with one attached hydrogen (secondary N) is 1. The summed E-state index contributed by atoms with van der Waals surface area (Å²) in [5.74, 6) is 0.613. The Morgan fingerprint density at radius 2 is 2.00 bits per heavy atom. The lowest BCUT2D eigenvalue weighted by Gasteiger charge is -2.09. The van der Waals surface area contributed by atoms with Gasteiger partial charge in [0.1, 0.15) is 0 Å². The zero-order valence-electron chi connectivity index (χ0n) is 10.7. The van der Waals surface area contributed by atoms with Gasteiger partial charge in [0, 0.05) is 13.1 Å². The number of benzene rings is 1. The molecule has 3 heteroatoms. The summed E-state index contributed by atoms with van der Waals surface area (Å²) in [6.07, 6.45) is 1.57. The van der Waals surface area contributed by atoms with Crippen molar-refractivity contribution in [2.24, 2.45) is 5.73 Å². The first kappa shape index (κ1) is 13.7. The van der Waals surface area contributed by atoms with Crippen molar-refractivity contribution in [3.05, 3.63) is 35.4 Å². The highest BCUT2D eigenvalue weighted by Crippen LogP contribution is 2.18. The van der Waals surface area contributed by atoms with Gasteiger partial charge in [-0.2, -0.15) is 0 Å². The van der Waals surface area contributed by atoms with Gasteiger partial charge in [-0.1, -0.05) is 38.1 Å². The number of nitrogens with two attached hydrogens (primary N) is 1. The molecule has 1 aromatic rings. The van der Waals surface area contributed by atoms with Crippen LogP contribution in [0.1, 0.15) is 37.3 Å². The van der Waals surface area contributed by atoms with Crippen molar-refractivity contribution in [1.29, 1.82) is 0 Å². The maximum Gasteiger partial charge on any atom is 0.224 e. The van der Waals surface area contributed by atoms with Crippen LogP contribution in [0.4, 0.5) is 0 Å². The molecule has 0 fully saturated rings. The molecule has 0 heterocycles. The van der Waals surface area contributed by atoms with E-state index in [-0.39, 0.29) is 5.91 Å². The molecule has 0 aliphatic heterocycles. The molecular weight excluding hydrogens is 212 g/mol. The molecule has 0 saturated heterocycles. The molecule has 94 valence electrons. The summed E-state index contributed by atoms with van der Waals surface area (Å²) in [7, 11) is 0. The summed E-state index contributed by atoms with van der Waals surface area (Å²) in [5.41, 5.74) is 7.70. The van der Waals surface area contributed by atoms with Crippen LogP contribution in [0.3, 0.4) is 0 Å². The number of hydrogen-bond acceptors (Lipinski definition) is 2. The van der Waals surface area contributed by atoms with Crippen LogP contribution in [0, 0.1) is 0 Å². The Hall–Kier alpha value is -1.35. The lowest BCUT2D eigenvalue weighted by Crippen LogP contribution is -2.30. The molecule has 0 saturated carbocycles. The molecule has 0 aliphatic rings. The molecule has 3 N–H and O–H groups in total. The molecule has 3 nitrogen and oxygen atoms in total. The van der Waals surface area contributed by atoms with Crippen LogP contribution in [-0.4, -0.2) is 19.0 Å². The maximum atomic E-state index is 11.5. The second kappa shape index (κ2) is 7.07. The SMILES string of the molecule is CCC(C)c1ccc(CC(=O)NCCN)cc1. The van der Waals surface area contributed by atoms with Gasteiger partial charge >= 0.3 is 0 Å². The van der Waals surface area contributed by atoms with Crippen molar-refractivity contribution >= 4 is 5.91 Å². The van der Waals surface area contributed by atoms with E-state index < -0.39 is 0 Å². The van der Waals surface area contributed by atoms with Crippen LogP contribution in [0.25, 0.3) is 0 Å². The number of carbonyl (C=O) groups excluding carboxylic acids is 1. The molecule has 0 aliphatic carbocycles. The van der Waals surface area contributed by atoms with Crippen molar-refractivity contribution in [1.82, 2.24) is 5.32 Å². The van der Waals surface area contributed by atoms with Crippen LogP contribution in [0.5, 0.6) is 0 Å². The van der Waals surface area contributed by atoms with Gasteiger partial charge in [0.05, 0.1) is 6.42 Å². The van der Waals surface area contributed by atoms with Crippen LogP contribution < -0.4 is 11.1 Å². The maximum absolute atomic E-state index is 11.5. The van der Waals surface area contributed by atoms with E-state index in [4.69, 9.17) is 5.73 Å². The molecule has 1 aromatic carbocycles. The standard InChI is InChI=1S/C14H22N2O/c1-3-11(2)13-6-4-12(5-7-13)10-14(17)16-9-8-15/h4-7,11H,3,8-10,15H2,1-2H3,(H,16,17). The summed E-state index contributed by atoms with van der Waals surface area (Å²) in [5, 5.41) is 2.77. The summed E-state index contributed by atoms with van der Waals surface area (Å²) in [6.45, 7) is 5.42. The van der Waals surface area contributed by atoms with Crippen molar-refractivity contribution in [3.8, 4) is 0 Å². The molecule has 1 rings (SSSR count). The van der Waals surface area contributed by atoms with Gasteiger partial charge in [-0.15, -0.1) is 0 Å². The van der Waals surface area contributed by atoms with E-state index in [1.165, 1.54) is 5.56 Å². The minimum absolute atomic E-state index is 0.0340. The van der Waals surface area contributed by atoms with Crippen LogP contribution in [0.2, 0.25) is 0 Å². The lowest BCUT2D eigenvalue weighted by molar-refractivity contribution is -0.120. The van der Waals surface area contributed by atoms with E-state index >= 15 is 0 Å². The van der Waals surface area contributed by atoms with Gasteiger partial charge < -0.3 is 11.1 Å². The first-order valence-corrected chi connectivity index (χ1v) is 6.23. The van der Waals surface area contributed by atoms with Gasteiger partial charge in [0.15, 0.2) is 0 Å². The number of carbonyl (C=O) groups is 1. The van der Waals surface area contributed by atoms with Crippen molar-refractivity contribution in [2.75, 3.05) is 13.1 Å². The molecule has 17 heavy (non-hydrogen) atoms. The normalized spacial score (nSPS) is 12.2. The smallest absolute Gasteiger partial charge is 0.224 e. The number of amides is 1. The van der Waals surface area contributed by atoms with Gasteiger partial charge in [-0.05, 0) is 23.5 Å². The zero-order valence-corrected chi connectivity index (χ0v) is 10.7.